The van der Waals surface area contributed by atoms with Gasteiger partial charge in [-0.1, -0.05) is 39.7 Å². The molecule has 5 heteroatoms. The van der Waals surface area contributed by atoms with Crippen molar-refractivity contribution in [3.05, 3.63) is 23.5 Å². The summed E-state index contributed by atoms with van der Waals surface area (Å²) in [5.74, 6) is 0.337. The summed E-state index contributed by atoms with van der Waals surface area (Å²) in [5.41, 5.74) is 0.881. The van der Waals surface area contributed by atoms with Gasteiger partial charge in [0.2, 0.25) is 0 Å². The minimum atomic E-state index is -4.47. The highest BCUT2D eigenvalue weighted by atomic mass is 31.2. The maximum atomic E-state index is 10.9. The normalized spacial score (nSPS) is 13.9. The molecular formula is C12H23O4P. The molecule has 0 aliphatic heterocycles. The van der Waals surface area contributed by atoms with Crippen LogP contribution in [0.3, 0.4) is 0 Å². The number of rotatable bonds is 8. The molecule has 0 aliphatic rings. The fraction of sp³-hybridized carbons (Fsp3) is 0.667. The van der Waals surface area contributed by atoms with Gasteiger partial charge in [0.1, 0.15) is 5.76 Å². The van der Waals surface area contributed by atoms with E-state index in [4.69, 9.17) is 14.3 Å². The lowest BCUT2D eigenvalue weighted by atomic mass is 10.1. The lowest BCUT2D eigenvalue weighted by molar-refractivity contribution is 0.244. The van der Waals surface area contributed by atoms with Gasteiger partial charge in [-0.2, -0.15) is 0 Å². The van der Waals surface area contributed by atoms with Crippen LogP contribution in [0.25, 0.3) is 0 Å². The Labute approximate surface area is 104 Å². The van der Waals surface area contributed by atoms with Gasteiger partial charge in [-0.3, -0.25) is 9.79 Å². The van der Waals surface area contributed by atoms with Gasteiger partial charge >= 0.3 is 7.82 Å². The molecule has 0 spiro atoms. The van der Waals surface area contributed by atoms with E-state index in [2.05, 4.69) is 0 Å². The van der Waals surface area contributed by atoms with Crippen LogP contribution in [0.5, 0.6) is 0 Å². The van der Waals surface area contributed by atoms with Crippen molar-refractivity contribution in [1.82, 2.24) is 0 Å². The summed E-state index contributed by atoms with van der Waals surface area (Å²) in [7, 11) is -4.47. The van der Waals surface area contributed by atoms with E-state index in [1.165, 1.54) is 0 Å². The van der Waals surface area contributed by atoms with Crippen molar-refractivity contribution in [3.8, 4) is 0 Å². The van der Waals surface area contributed by atoms with Crippen molar-refractivity contribution in [1.29, 1.82) is 0 Å². The second-order valence-electron chi connectivity index (χ2n) is 3.83. The minimum absolute atomic E-state index is 0.337. The first kappa shape index (κ1) is 16.4. The lowest BCUT2D eigenvalue weighted by Gasteiger charge is -2.14. The SMILES string of the molecule is CCC=C(CCC)C(=CCCC)OP(=O)(O)O. The number of hydrogen-bond donors (Lipinski definition) is 2. The van der Waals surface area contributed by atoms with Gasteiger partial charge in [-0.15, -0.1) is 0 Å². The second-order valence-corrected chi connectivity index (χ2v) is 4.99. The molecule has 0 radical (unpaired) electrons. The highest BCUT2D eigenvalue weighted by Crippen LogP contribution is 2.41. The van der Waals surface area contributed by atoms with Crippen molar-refractivity contribution in [2.24, 2.45) is 0 Å². The molecule has 0 atom stereocenters. The summed E-state index contributed by atoms with van der Waals surface area (Å²) in [6.45, 7) is 6.03. The van der Waals surface area contributed by atoms with Crippen LogP contribution in [0.4, 0.5) is 0 Å². The van der Waals surface area contributed by atoms with Crippen LogP contribution in [-0.2, 0) is 9.09 Å². The Morgan fingerprint density at radius 3 is 2.24 bits per heavy atom. The van der Waals surface area contributed by atoms with Gasteiger partial charge in [-0.05, 0) is 30.9 Å². The largest absolute Gasteiger partial charge is 0.524 e. The molecule has 0 aliphatic carbocycles. The highest BCUT2D eigenvalue weighted by Gasteiger charge is 2.19. The van der Waals surface area contributed by atoms with Gasteiger partial charge in [0.05, 0.1) is 0 Å². The maximum Gasteiger partial charge on any atom is 0.524 e. The van der Waals surface area contributed by atoms with Gasteiger partial charge in [0, 0.05) is 0 Å². The molecule has 0 unspecified atom stereocenters. The molecule has 0 saturated carbocycles. The fourth-order valence-corrected chi connectivity index (χ4v) is 1.92. The average Bonchev–Trinajstić information content (AvgIpc) is 2.22. The van der Waals surface area contributed by atoms with Gasteiger partial charge in [0.15, 0.2) is 0 Å². The van der Waals surface area contributed by atoms with Crippen LogP contribution in [0.1, 0.15) is 52.9 Å². The molecule has 0 bridgehead atoms. The summed E-state index contributed by atoms with van der Waals surface area (Å²) < 4.78 is 15.7. The first-order chi connectivity index (χ1) is 7.94. The van der Waals surface area contributed by atoms with Gasteiger partial charge in [0.25, 0.3) is 0 Å². The van der Waals surface area contributed by atoms with Gasteiger partial charge < -0.3 is 4.52 Å². The molecule has 0 aromatic heterocycles. The Morgan fingerprint density at radius 1 is 1.18 bits per heavy atom. The third-order valence-electron chi connectivity index (χ3n) is 2.12. The average molecular weight is 262 g/mol. The van der Waals surface area contributed by atoms with Crippen LogP contribution < -0.4 is 0 Å². The summed E-state index contributed by atoms with van der Waals surface area (Å²) >= 11 is 0. The third-order valence-corrected chi connectivity index (χ3v) is 2.56. The van der Waals surface area contributed by atoms with Crippen LogP contribution in [0.15, 0.2) is 23.5 Å². The van der Waals surface area contributed by atoms with E-state index in [-0.39, 0.29) is 0 Å². The summed E-state index contributed by atoms with van der Waals surface area (Å²) in [4.78, 5) is 17.8. The Bertz CT molecular complexity index is 314. The molecule has 0 aromatic carbocycles. The minimum Gasteiger partial charge on any atom is -0.404 e. The molecular weight excluding hydrogens is 239 g/mol. The molecule has 0 amide bonds. The van der Waals surface area contributed by atoms with E-state index in [0.717, 1.165) is 37.7 Å². The van der Waals surface area contributed by atoms with Crippen molar-refractivity contribution >= 4 is 7.82 Å². The molecule has 0 heterocycles. The monoisotopic (exact) mass is 262 g/mol. The standard InChI is InChI=1S/C12H23O4P/c1-4-7-10-12(16-17(13,14)15)11(8-5-2)9-6-3/h8,10H,4-7,9H2,1-3H3,(H2,13,14,15). The van der Waals surface area contributed by atoms with Crippen LogP contribution in [0, 0.1) is 0 Å². The quantitative estimate of drug-likeness (QED) is 0.395. The van der Waals surface area contributed by atoms with E-state index in [9.17, 15) is 4.57 Å². The molecule has 0 aromatic rings. The molecule has 0 fully saturated rings. The topological polar surface area (TPSA) is 66.8 Å². The summed E-state index contributed by atoms with van der Waals surface area (Å²) in [6.07, 6.45) is 7.89. The third kappa shape index (κ3) is 8.19. The number of phosphoric ester groups is 1. The fourth-order valence-electron chi connectivity index (χ4n) is 1.47. The Morgan fingerprint density at radius 2 is 1.82 bits per heavy atom. The zero-order valence-electron chi connectivity index (χ0n) is 10.8. The second kappa shape index (κ2) is 8.51. The highest BCUT2D eigenvalue weighted by molar-refractivity contribution is 7.46. The molecule has 100 valence electrons. The lowest BCUT2D eigenvalue weighted by Crippen LogP contribution is -1.96. The number of hydrogen-bond acceptors (Lipinski definition) is 2. The Balaban J connectivity index is 4.99. The van der Waals surface area contributed by atoms with E-state index < -0.39 is 7.82 Å². The molecule has 2 N–H and O–H groups in total. The van der Waals surface area contributed by atoms with Crippen molar-refractivity contribution in [2.45, 2.75) is 52.9 Å². The first-order valence-electron chi connectivity index (χ1n) is 6.09. The van der Waals surface area contributed by atoms with E-state index in [1.807, 2.05) is 26.8 Å². The van der Waals surface area contributed by atoms with E-state index in [0.29, 0.717) is 5.76 Å². The summed E-state index contributed by atoms with van der Waals surface area (Å²) in [6, 6.07) is 0. The first-order valence-corrected chi connectivity index (χ1v) is 7.62. The number of phosphoric acid groups is 1. The summed E-state index contributed by atoms with van der Waals surface area (Å²) in [5, 5.41) is 0. The van der Waals surface area contributed by atoms with E-state index in [1.54, 1.807) is 6.08 Å². The van der Waals surface area contributed by atoms with E-state index >= 15 is 0 Å². The zero-order valence-corrected chi connectivity index (χ0v) is 11.7. The number of allylic oxidation sites excluding steroid dienone is 3. The van der Waals surface area contributed by atoms with Crippen LogP contribution in [0.2, 0.25) is 0 Å². The molecule has 17 heavy (non-hydrogen) atoms. The number of unbranched alkanes of at least 4 members (excludes halogenated alkanes) is 1. The van der Waals surface area contributed by atoms with Gasteiger partial charge in [-0.25, -0.2) is 4.57 Å². The van der Waals surface area contributed by atoms with Crippen LogP contribution >= 0.6 is 7.82 Å². The predicted molar refractivity (Wildman–Crippen MR) is 69.4 cm³/mol. The van der Waals surface area contributed by atoms with Crippen molar-refractivity contribution in [2.75, 3.05) is 0 Å². The van der Waals surface area contributed by atoms with Crippen molar-refractivity contribution in [3.63, 3.8) is 0 Å². The zero-order chi connectivity index (χ0) is 13.3. The predicted octanol–water partition coefficient (Wildman–Crippen LogP) is 3.92. The molecule has 0 rings (SSSR count). The Hall–Kier alpha value is -0.570. The molecule has 0 saturated heterocycles. The molecule has 4 nitrogen and oxygen atoms in total. The van der Waals surface area contributed by atoms with Crippen LogP contribution in [-0.4, -0.2) is 9.79 Å². The Kier molecular flexibility index (Phi) is 8.23. The van der Waals surface area contributed by atoms with Crippen molar-refractivity contribution < 1.29 is 18.9 Å². The smallest absolute Gasteiger partial charge is 0.404 e. The maximum absolute atomic E-state index is 10.9.